The van der Waals surface area contributed by atoms with Gasteiger partial charge in [-0.3, -0.25) is 4.90 Å². The molecule has 0 saturated carbocycles. The highest BCUT2D eigenvalue weighted by atomic mass is 16.5. The summed E-state index contributed by atoms with van der Waals surface area (Å²) in [5.41, 5.74) is 5.17. The van der Waals surface area contributed by atoms with Crippen LogP contribution in [0.25, 0.3) is 11.0 Å². The topological polar surface area (TPSA) is 123 Å². The molecule has 0 bridgehead atoms. The van der Waals surface area contributed by atoms with Crippen molar-refractivity contribution in [3.63, 3.8) is 0 Å². The number of aromatic carboxylic acids is 1. The van der Waals surface area contributed by atoms with Crippen molar-refractivity contribution in [2.45, 2.75) is 38.3 Å². The van der Waals surface area contributed by atoms with Crippen LogP contribution in [0.3, 0.4) is 0 Å². The minimum Gasteiger partial charge on any atom is -0.494 e. The second kappa shape index (κ2) is 11.1. The molecule has 2 aliphatic heterocycles. The SMILES string of the molecule is COc1cc(C(=O)O)cc2c1nc(CN1CCC(c3cccc(OCc4ccc(C#N)c5c4OCC5)n3)CC1)n2C. The van der Waals surface area contributed by atoms with E-state index in [9.17, 15) is 15.2 Å². The number of piperidine rings is 1. The number of methoxy groups -OCH3 is 1. The molecule has 10 nitrogen and oxygen atoms in total. The Hall–Kier alpha value is -4.62. The molecule has 0 unspecified atom stereocenters. The smallest absolute Gasteiger partial charge is 0.335 e. The molecule has 6 rings (SSSR count). The molecule has 1 N–H and O–H groups in total. The highest BCUT2D eigenvalue weighted by Crippen LogP contribution is 2.34. The van der Waals surface area contributed by atoms with Crippen molar-refractivity contribution < 1.29 is 24.1 Å². The summed E-state index contributed by atoms with van der Waals surface area (Å²) in [5, 5.41) is 18.8. The van der Waals surface area contributed by atoms with Crippen LogP contribution in [0.5, 0.6) is 17.4 Å². The Morgan fingerprint density at radius 3 is 2.78 bits per heavy atom. The van der Waals surface area contributed by atoms with E-state index >= 15 is 0 Å². The van der Waals surface area contributed by atoms with E-state index < -0.39 is 5.97 Å². The Morgan fingerprint density at radius 1 is 1.20 bits per heavy atom. The van der Waals surface area contributed by atoms with Gasteiger partial charge in [-0.1, -0.05) is 12.1 Å². The summed E-state index contributed by atoms with van der Waals surface area (Å²) in [5.74, 6) is 2.01. The lowest BCUT2D eigenvalue weighted by atomic mass is 9.93. The summed E-state index contributed by atoms with van der Waals surface area (Å²) in [6.45, 7) is 3.38. The zero-order valence-corrected chi connectivity index (χ0v) is 23.1. The van der Waals surface area contributed by atoms with Gasteiger partial charge in [-0.25, -0.2) is 14.8 Å². The maximum absolute atomic E-state index is 11.6. The van der Waals surface area contributed by atoms with Crippen LogP contribution < -0.4 is 14.2 Å². The number of benzene rings is 2. The second-order valence-electron chi connectivity index (χ2n) is 10.5. The lowest BCUT2D eigenvalue weighted by Crippen LogP contribution is -2.33. The number of hydrogen-bond acceptors (Lipinski definition) is 8. The summed E-state index contributed by atoms with van der Waals surface area (Å²) in [7, 11) is 3.44. The van der Waals surface area contributed by atoms with Crippen LogP contribution in [-0.4, -0.2) is 57.3 Å². The fraction of sp³-hybridized carbons (Fsp3) is 0.355. The van der Waals surface area contributed by atoms with Crippen molar-refractivity contribution in [2.75, 3.05) is 26.8 Å². The van der Waals surface area contributed by atoms with Gasteiger partial charge in [0.05, 0.1) is 43.0 Å². The van der Waals surface area contributed by atoms with Crippen LogP contribution in [0.15, 0.2) is 42.5 Å². The number of nitrogens with zero attached hydrogens (tertiary/aromatic N) is 5. The number of carbonyl (C=O) groups is 1. The molecule has 0 radical (unpaired) electrons. The fourth-order valence-corrected chi connectivity index (χ4v) is 5.78. The van der Waals surface area contributed by atoms with Crippen molar-refractivity contribution in [1.29, 1.82) is 5.26 Å². The van der Waals surface area contributed by atoms with E-state index in [0.29, 0.717) is 48.4 Å². The van der Waals surface area contributed by atoms with Crippen LogP contribution in [0.4, 0.5) is 0 Å². The Balaban J connectivity index is 1.09. The zero-order chi connectivity index (χ0) is 28.5. The monoisotopic (exact) mass is 553 g/mol. The molecule has 2 aliphatic rings. The van der Waals surface area contributed by atoms with Crippen molar-refractivity contribution in [3.05, 3.63) is 76.2 Å². The predicted octanol–water partition coefficient (Wildman–Crippen LogP) is 4.44. The maximum Gasteiger partial charge on any atom is 0.335 e. The molecule has 1 fully saturated rings. The number of carboxylic acids is 1. The fourth-order valence-electron chi connectivity index (χ4n) is 5.78. The van der Waals surface area contributed by atoms with Gasteiger partial charge in [0.1, 0.15) is 29.4 Å². The Labute approximate surface area is 237 Å². The van der Waals surface area contributed by atoms with Gasteiger partial charge in [0.2, 0.25) is 5.88 Å². The van der Waals surface area contributed by atoms with Gasteiger partial charge in [0.15, 0.2) is 0 Å². The molecule has 0 amide bonds. The number of pyridine rings is 1. The number of likely N-dealkylation sites (tertiary alicyclic amines) is 1. The van der Waals surface area contributed by atoms with Gasteiger partial charge in [-0.2, -0.15) is 5.26 Å². The highest BCUT2D eigenvalue weighted by molar-refractivity contribution is 5.95. The first-order valence-electron chi connectivity index (χ1n) is 13.7. The number of nitriles is 1. The number of hydrogen-bond donors (Lipinski definition) is 1. The third-order valence-corrected chi connectivity index (χ3v) is 8.06. The number of imidazole rings is 1. The molecule has 1 saturated heterocycles. The lowest BCUT2D eigenvalue weighted by Gasteiger charge is -2.31. The highest BCUT2D eigenvalue weighted by Gasteiger charge is 2.25. The van der Waals surface area contributed by atoms with Gasteiger partial charge in [0.25, 0.3) is 0 Å². The third-order valence-electron chi connectivity index (χ3n) is 8.06. The number of ether oxygens (including phenoxy) is 3. The summed E-state index contributed by atoms with van der Waals surface area (Å²) in [6.07, 6.45) is 2.67. The van der Waals surface area contributed by atoms with Crippen LogP contribution in [0, 0.1) is 11.3 Å². The first-order chi connectivity index (χ1) is 19.9. The maximum atomic E-state index is 11.6. The summed E-state index contributed by atoms with van der Waals surface area (Å²) in [4.78, 5) is 23.5. The largest absolute Gasteiger partial charge is 0.494 e. The van der Waals surface area contributed by atoms with Crippen LogP contribution in [0.1, 0.15) is 57.3 Å². The molecule has 10 heteroatoms. The van der Waals surface area contributed by atoms with E-state index in [4.69, 9.17) is 24.2 Å². The van der Waals surface area contributed by atoms with Gasteiger partial charge in [-0.15, -0.1) is 0 Å². The summed E-state index contributed by atoms with van der Waals surface area (Å²) < 4.78 is 19.2. The number of rotatable bonds is 8. The van der Waals surface area contributed by atoms with Gasteiger partial charge < -0.3 is 23.9 Å². The number of carboxylic acid groups (broad SMARTS) is 1. The Morgan fingerprint density at radius 2 is 2.02 bits per heavy atom. The molecule has 4 heterocycles. The molecule has 210 valence electrons. The second-order valence-corrected chi connectivity index (χ2v) is 10.5. The van der Waals surface area contributed by atoms with E-state index in [-0.39, 0.29) is 5.56 Å². The number of aromatic nitrogens is 3. The van der Waals surface area contributed by atoms with Crippen molar-refractivity contribution in [1.82, 2.24) is 19.4 Å². The van der Waals surface area contributed by atoms with E-state index in [1.165, 1.54) is 13.2 Å². The number of aryl methyl sites for hydroxylation is 1. The predicted molar refractivity (Wildman–Crippen MR) is 150 cm³/mol. The zero-order valence-electron chi connectivity index (χ0n) is 23.1. The molecule has 2 aromatic carbocycles. The van der Waals surface area contributed by atoms with E-state index in [1.54, 1.807) is 6.07 Å². The van der Waals surface area contributed by atoms with E-state index in [1.807, 2.05) is 35.9 Å². The van der Waals surface area contributed by atoms with Crippen LogP contribution in [-0.2, 0) is 26.6 Å². The molecule has 4 aromatic rings. The van der Waals surface area contributed by atoms with Crippen molar-refractivity contribution in [2.24, 2.45) is 7.05 Å². The van der Waals surface area contributed by atoms with Gasteiger partial charge >= 0.3 is 5.97 Å². The van der Waals surface area contributed by atoms with Gasteiger partial charge in [0, 0.05) is 42.3 Å². The Bertz CT molecular complexity index is 1670. The average Bonchev–Trinajstić information content (AvgIpc) is 3.61. The molecule has 0 aliphatic carbocycles. The molecular weight excluding hydrogens is 522 g/mol. The molecule has 41 heavy (non-hydrogen) atoms. The first-order valence-corrected chi connectivity index (χ1v) is 13.7. The molecule has 0 atom stereocenters. The molecular formula is C31H31N5O5. The minimum atomic E-state index is -0.995. The quantitative estimate of drug-likeness (QED) is 0.337. The standard InChI is InChI=1S/C31H31N5O5/c1-35-25-14-22(31(37)38)15-26(39-2)29(25)34-27(35)17-36-11-8-19(9-12-36)24-4-3-5-28(33-24)41-18-21-7-6-20(16-32)23-10-13-40-30(21)23/h3-7,14-15,19H,8-13,17-18H2,1-2H3,(H,37,38). The molecule has 2 aromatic heterocycles. The van der Waals surface area contributed by atoms with Crippen molar-refractivity contribution in [3.8, 4) is 23.4 Å². The van der Waals surface area contributed by atoms with E-state index in [2.05, 4.69) is 17.0 Å². The van der Waals surface area contributed by atoms with Crippen LogP contribution >= 0.6 is 0 Å². The number of fused-ring (bicyclic) bond motifs is 2. The third kappa shape index (κ3) is 5.16. The minimum absolute atomic E-state index is 0.178. The van der Waals surface area contributed by atoms with E-state index in [0.717, 1.165) is 66.3 Å². The summed E-state index contributed by atoms with van der Waals surface area (Å²) >= 11 is 0. The Kier molecular flexibility index (Phi) is 7.20. The summed E-state index contributed by atoms with van der Waals surface area (Å²) in [6, 6.07) is 15.1. The van der Waals surface area contributed by atoms with Crippen LogP contribution in [0.2, 0.25) is 0 Å². The molecule has 0 spiro atoms. The average molecular weight is 554 g/mol. The van der Waals surface area contributed by atoms with Crippen molar-refractivity contribution >= 4 is 17.0 Å². The normalized spacial score (nSPS) is 15.3. The first kappa shape index (κ1) is 26.6. The lowest BCUT2D eigenvalue weighted by molar-refractivity contribution is 0.0696. The van der Waals surface area contributed by atoms with Gasteiger partial charge in [-0.05, 0) is 50.2 Å².